The fourth-order valence-electron chi connectivity index (χ4n) is 1.25. The van der Waals surface area contributed by atoms with E-state index in [4.69, 9.17) is 28.9 Å². The molecule has 1 aromatic carbocycles. The van der Waals surface area contributed by atoms with Gasteiger partial charge in [0.05, 0.1) is 22.6 Å². The Hall–Kier alpha value is -1.72. The maximum atomic E-state index is 11.2. The largest absolute Gasteiger partial charge is 0.399 e. The van der Waals surface area contributed by atoms with Crippen LogP contribution in [-0.4, -0.2) is 10.2 Å². The molecule has 1 heterocycles. The molecule has 88 valence electrons. The minimum Gasteiger partial charge on any atom is -0.399 e. The molecule has 0 fully saturated rings. The number of halogens is 2. The van der Waals surface area contributed by atoms with Crippen LogP contribution < -0.4 is 16.6 Å². The molecular formula is C10H8Cl2N4O. The summed E-state index contributed by atoms with van der Waals surface area (Å²) in [6.45, 7) is 0. The number of H-pyrrole nitrogens is 1. The molecule has 2 rings (SSSR count). The molecule has 0 radical (unpaired) electrons. The van der Waals surface area contributed by atoms with E-state index in [0.717, 1.165) is 0 Å². The van der Waals surface area contributed by atoms with Crippen LogP contribution in [0.1, 0.15) is 0 Å². The van der Waals surface area contributed by atoms with Crippen LogP contribution in [0.25, 0.3) is 0 Å². The van der Waals surface area contributed by atoms with Crippen LogP contribution in [0.3, 0.4) is 0 Å². The molecule has 0 bridgehead atoms. The smallest absolute Gasteiger partial charge is 0.285 e. The molecule has 17 heavy (non-hydrogen) atoms. The van der Waals surface area contributed by atoms with Crippen molar-refractivity contribution < 1.29 is 0 Å². The lowest BCUT2D eigenvalue weighted by Gasteiger charge is -2.09. The zero-order valence-electron chi connectivity index (χ0n) is 8.50. The quantitative estimate of drug-likeness (QED) is 0.732. The standard InChI is InChI=1S/C10H8Cl2N4O/c11-6-2-1-5(13)3-7(6)15-8-4-14-16-10(17)9(8)12/h1-4H,13H2,(H2,15,16,17). The lowest BCUT2D eigenvalue weighted by molar-refractivity contribution is 0.991. The van der Waals surface area contributed by atoms with Gasteiger partial charge in [0.2, 0.25) is 0 Å². The van der Waals surface area contributed by atoms with E-state index >= 15 is 0 Å². The number of nitrogens with zero attached hydrogens (tertiary/aromatic N) is 1. The maximum absolute atomic E-state index is 11.2. The van der Waals surface area contributed by atoms with Gasteiger partial charge in [-0.25, -0.2) is 5.10 Å². The molecular weight excluding hydrogens is 263 g/mol. The maximum Gasteiger partial charge on any atom is 0.285 e. The van der Waals surface area contributed by atoms with Gasteiger partial charge in [0.15, 0.2) is 0 Å². The Morgan fingerprint density at radius 2 is 2.06 bits per heavy atom. The van der Waals surface area contributed by atoms with Crippen molar-refractivity contribution in [3.63, 3.8) is 0 Å². The summed E-state index contributed by atoms with van der Waals surface area (Å²) in [6.07, 6.45) is 1.39. The van der Waals surface area contributed by atoms with Crippen LogP contribution in [0, 0.1) is 0 Å². The van der Waals surface area contributed by atoms with Crippen LogP contribution in [0.4, 0.5) is 17.1 Å². The molecule has 1 aromatic heterocycles. The zero-order chi connectivity index (χ0) is 12.4. The molecule has 0 saturated carbocycles. The highest BCUT2D eigenvalue weighted by Crippen LogP contribution is 2.28. The minimum atomic E-state index is -0.475. The first-order valence-corrected chi connectivity index (χ1v) is 5.39. The number of nitrogens with one attached hydrogen (secondary N) is 2. The number of nitrogens with two attached hydrogens (primary N) is 1. The first-order chi connectivity index (χ1) is 8.08. The highest BCUT2D eigenvalue weighted by molar-refractivity contribution is 6.34. The number of aromatic amines is 1. The average molecular weight is 271 g/mol. The van der Waals surface area contributed by atoms with E-state index in [0.29, 0.717) is 22.1 Å². The molecule has 2 aromatic rings. The van der Waals surface area contributed by atoms with Crippen LogP contribution in [0.15, 0.2) is 29.2 Å². The normalized spacial score (nSPS) is 10.2. The van der Waals surface area contributed by atoms with E-state index in [1.807, 2.05) is 0 Å². The summed E-state index contributed by atoms with van der Waals surface area (Å²) in [5.41, 5.74) is 6.63. The number of nitrogen functional groups attached to an aromatic ring is 1. The number of aromatic nitrogens is 2. The number of hydrogen-bond donors (Lipinski definition) is 3. The number of anilines is 3. The molecule has 5 nitrogen and oxygen atoms in total. The fourth-order valence-corrected chi connectivity index (χ4v) is 1.56. The van der Waals surface area contributed by atoms with Crippen LogP contribution in [0.2, 0.25) is 10.0 Å². The Bertz CT molecular complexity index is 611. The molecule has 0 aliphatic heterocycles. The van der Waals surface area contributed by atoms with Crippen LogP contribution in [-0.2, 0) is 0 Å². The van der Waals surface area contributed by atoms with Crippen molar-refractivity contribution in [2.45, 2.75) is 0 Å². The first kappa shape index (κ1) is 11.8. The molecule has 0 unspecified atom stereocenters. The first-order valence-electron chi connectivity index (χ1n) is 4.63. The van der Waals surface area contributed by atoms with E-state index in [1.54, 1.807) is 18.2 Å². The van der Waals surface area contributed by atoms with Crippen molar-refractivity contribution in [2.75, 3.05) is 11.1 Å². The number of rotatable bonds is 2. The topological polar surface area (TPSA) is 83.8 Å². The molecule has 4 N–H and O–H groups in total. The zero-order valence-corrected chi connectivity index (χ0v) is 10.0. The van der Waals surface area contributed by atoms with E-state index in [-0.39, 0.29) is 5.02 Å². The van der Waals surface area contributed by atoms with Gasteiger partial charge < -0.3 is 11.1 Å². The second kappa shape index (κ2) is 4.65. The Balaban J connectivity index is 2.41. The van der Waals surface area contributed by atoms with Gasteiger partial charge in [0.1, 0.15) is 5.02 Å². The second-order valence-electron chi connectivity index (χ2n) is 3.29. The van der Waals surface area contributed by atoms with Gasteiger partial charge in [-0.3, -0.25) is 4.79 Å². The summed E-state index contributed by atoms with van der Waals surface area (Å²) in [5.74, 6) is 0. The predicted molar refractivity (Wildman–Crippen MR) is 69.0 cm³/mol. The van der Waals surface area contributed by atoms with Crippen molar-refractivity contribution in [3.8, 4) is 0 Å². The lowest BCUT2D eigenvalue weighted by Crippen LogP contribution is -2.10. The summed E-state index contributed by atoms with van der Waals surface area (Å²) in [7, 11) is 0. The molecule has 0 amide bonds. The predicted octanol–water partition coefficient (Wildman–Crippen LogP) is 2.40. The molecule has 0 aliphatic carbocycles. The van der Waals surface area contributed by atoms with Gasteiger partial charge in [-0.1, -0.05) is 23.2 Å². The van der Waals surface area contributed by atoms with Gasteiger partial charge in [-0.15, -0.1) is 0 Å². The molecule has 0 atom stereocenters. The van der Waals surface area contributed by atoms with Gasteiger partial charge in [0.25, 0.3) is 5.56 Å². The molecule has 0 aliphatic rings. The highest BCUT2D eigenvalue weighted by atomic mass is 35.5. The summed E-state index contributed by atoms with van der Waals surface area (Å²) in [6, 6.07) is 4.96. The van der Waals surface area contributed by atoms with Crippen molar-refractivity contribution in [2.24, 2.45) is 0 Å². The van der Waals surface area contributed by atoms with E-state index in [2.05, 4.69) is 15.5 Å². The third-order valence-electron chi connectivity index (χ3n) is 2.06. The molecule has 0 spiro atoms. The van der Waals surface area contributed by atoms with Gasteiger partial charge in [0, 0.05) is 5.69 Å². The van der Waals surface area contributed by atoms with Gasteiger partial charge in [-0.05, 0) is 18.2 Å². The van der Waals surface area contributed by atoms with Crippen LogP contribution in [0.5, 0.6) is 0 Å². The third-order valence-corrected chi connectivity index (χ3v) is 2.76. The second-order valence-corrected chi connectivity index (χ2v) is 4.08. The van der Waals surface area contributed by atoms with Crippen LogP contribution >= 0.6 is 23.2 Å². The van der Waals surface area contributed by atoms with Crippen molar-refractivity contribution in [1.29, 1.82) is 0 Å². The summed E-state index contributed by atoms with van der Waals surface area (Å²) in [5, 5.41) is 9.23. The minimum absolute atomic E-state index is 0.0125. The van der Waals surface area contributed by atoms with Crippen molar-refractivity contribution in [1.82, 2.24) is 10.2 Å². The Morgan fingerprint density at radius 1 is 1.29 bits per heavy atom. The van der Waals surface area contributed by atoms with Gasteiger partial charge in [-0.2, -0.15) is 5.10 Å². The Labute approximate surface area is 107 Å². The van der Waals surface area contributed by atoms with Crippen molar-refractivity contribution >= 4 is 40.3 Å². The SMILES string of the molecule is Nc1ccc(Cl)c(Nc2cn[nH]c(=O)c2Cl)c1. The monoisotopic (exact) mass is 270 g/mol. The third kappa shape index (κ3) is 2.51. The number of benzene rings is 1. The summed E-state index contributed by atoms with van der Waals surface area (Å²) in [4.78, 5) is 11.2. The molecule has 0 saturated heterocycles. The van der Waals surface area contributed by atoms with Gasteiger partial charge >= 0.3 is 0 Å². The van der Waals surface area contributed by atoms with E-state index < -0.39 is 5.56 Å². The Morgan fingerprint density at radius 3 is 2.82 bits per heavy atom. The average Bonchev–Trinajstić information content (AvgIpc) is 2.30. The van der Waals surface area contributed by atoms with Crippen molar-refractivity contribution in [3.05, 3.63) is 44.8 Å². The van der Waals surface area contributed by atoms with E-state index in [9.17, 15) is 4.79 Å². The Kier molecular flexibility index (Phi) is 3.21. The fraction of sp³-hybridized carbons (Fsp3) is 0. The molecule has 7 heteroatoms. The highest BCUT2D eigenvalue weighted by Gasteiger charge is 2.07. The number of hydrogen-bond acceptors (Lipinski definition) is 4. The summed E-state index contributed by atoms with van der Waals surface area (Å²) < 4.78 is 0. The van der Waals surface area contributed by atoms with E-state index in [1.165, 1.54) is 6.20 Å². The lowest BCUT2D eigenvalue weighted by atomic mass is 10.2. The summed E-state index contributed by atoms with van der Waals surface area (Å²) >= 11 is 11.8.